The first-order chi connectivity index (χ1) is 10.0. The van der Waals surface area contributed by atoms with Crippen molar-refractivity contribution in [3.05, 3.63) is 22.5 Å². The van der Waals surface area contributed by atoms with E-state index in [-0.39, 0.29) is 12.5 Å². The molecule has 1 aromatic heterocycles. The number of halogens is 1. The van der Waals surface area contributed by atoms with E-state index in [4.69, 9.17) is 31.3 Å². The van der Waals surface area contributed by atoms with Gasteiger partial charge in [-0.3, -0.25) is 0 Å². The predicted octanol–water partition coefficient (Wildman–Crippen LogP) is 2.99. The number of hydrogen-bond acceptors (Lipinski definition) is 6. The van der Waals surface area contributed by atoms with Crippen molar-refractivity contribution in [2.24, 2.45) is 5.73 Å². The van der Waals surface area contributed by atoms with E-state index in [1.807, 2.05) is 19.9 Å². The highest BCUT2D eigenvalue weighted by molar-refractivity contribution is 6.34. The Bertz CT molecular complexity index is 641. The lowest BCUT2D eigenvalue weighted by molar-refractivity contribution is 0.354. The van der Waals surface area contributed by atoms with Gasteiger partial charge in [-0.2, -0.15) is 4.98 Å². The molecule has 0 aliphatic rings. The van der Waals surface area contributed by atoms with Crippen molar-refractivity contribution in [1.82, 2.24) is 10.1 Å². The van der Waals surface area contributed by atoms with E-state index in [0.717, 1.165) is 5.56 Å². The molecular formula is C14H18ClN3O3. The predicted molar refractivity (Wildman–Crippen MR) is 79.8 cm³/mol. The van der Waals surface area contributed by atoms with Crippen LogP contribution in [0.25, 0.3) is 11.4 Å². The molecule has 7 heteroatoms. The second-order valence-electron chi connectivity index (χ2n) is 4.76. The molecule has 0 aliphatic heterocycles. The fourth-order valence-electron chi connectivity index (χ4n) is 2.05. The molecule has 114 valence electrons. The van der Waals surface area contributed by atoms with Crippen LogP contribution in [0.1, 0.15) is 31.2 Å². The van der Waals surface area contributed by atoms with E-state index < -0.39 is 0 Å². The van der Waals surface area contributed by atoms with Crippen molar-refractivity contribution in [2.75, 3.05) is 14.2 Å². The molecule has 0 aliphatic carbocycles. The summed E-state index contributed by atoms with van der Waals surface area (Å²) < 4.78 is 15.9. The third-order valence-corrected chi connectivity index (χ3v) is 3.53. The Hall–Kier alpha value is -1.79. The lowest BCUT2D eigenvalue weighted by atomic mass is 9.98. The third kappa shape index (κ3) is 2.82. The minimum atomic E-state index is 0.161. The van der Waals surface area contributed by atoms with Gasteiger partial charge >= 0.3 is 0 Å². The van der Waals surface area contributed by atoms with Crippen molar-refractivity contribution >= 4 is 11.6 Å². The zero-order chi connectivity index (χ0) is 15.6. The van der Waals surface area contributed by atoms with Crippen LogP contribution >= 0.6 is 11.6 Å². The van der Waals surface area contributed by atoms with Crippen molar-refractivity contribution in [2.45, 2.75) is 26.3 Å². The SMILES string of the molecule is COc1cc(C(C)C)c(Cl)c(-c2noc(CN)n2)c1OC. The molecule has 0 radical (unpaired) electrons. The Morgan fingerprint density at radius 2 is 2.05 bits per heavy atom. The number of benzene rings is 1. The molecule has 0 atom stereocenters. The first-order valence-corrected chi connectivity index (χ1v) is 6.88. The second-order valence-corrected chi connectivity index (χ2v) is 5.14. The standard InChI is InChI=1S/C14H18ClN3O3/c1-7(2)8-5-9(19-3)13(20-4)11(12(8)15)14-17-10(6-16)21-18-14/h5,7H,6,16H2,1-4H3. The summed E-state index contributed by atoms with van der Waals surface area (Å²) in [5.74, 6) is 1.91. The van der Waals surface area contributed by atoms with Crippen LogP contribution in [0.4, 0.5) is 0 Å². The van der Waals surface area contributed by atoms with E-state index in [0.29, 0.717) is 33.8 Å². The van der Waals surface area contributed by atoms with Gasteiger partial charge in [-0.1, -0.05) is 30.6 Å². The molecule has 2 aromatic rings. The quantitative estimate of drug-likeness (QED) is 0.914. The molecular weight excluding hydrogens is 294 g/mol. The minimum absolute atomic E-state index is 0.161. The summed E-state index contributed by atoms with van der Waals surface area (Å²) in [6.07, 6.45) is 0. The van der Waals surface area contributed by atoms with Gasteiger partial charge in [-0.15, -0.1) is 0 Å². The van der Waals surface area contributed by atoms with Crippen molar-refractivity contribution < 1.29 is 14.0 Å². The number of aromatic nitrogens is 2. The first kappa shape index (κ1) is 15.6. The molecule has 1 heterocycles. The van der Waals surface area contributed by atoms with Crippen LogP contribution in [0.3, 0.4) is 0 Å². The van der Waals surface area contributed by atoms with Gasteiger partial charge in [0.05, 0.1) is 31.4 Å². The summed E-state index contributed by atoms with van der Waals surface area (Å²) in [4.78, 5) is 4.22. The molecule has 2 rings (SSSR count). The van der Waals surface area contributed by atoms with Gasteiger partial charge in [-0.25, -0.2) is 0 Å². The average molecular weight is 312 g/mol. The largest absolute Gasteiger partial charge is 0.493 e. The molecule has 0 saturated carbocycles. The maximum absolute atomic E-state index is 6.52. The maximum atomic E-state index is 6.52. The van der Waals surface area contributed by atoms with Crippen LogP contribution < -0.4 is 15.2 Å². The molecule has 0 spiro atoms. The number of nitrogens with zero attached hydrogens (tertiary/aromatic N) is 2. The second kappa shape index (κ2) is 6.32. The normalized spacial score (nSPS) is 11.0. The van der Waals surface area contributed by atoms with Crippen LogP contribution in [0.15, 0.2) is 10.6 Å². The summed E-state index contributed by atoms with van der Waals surface area (Å²) in [5.41, 5.74) is 6.97. The van der Waals surface area contributed by atoms with Crippen molar-refractivity contribution in [3.8, 4) is 22.9 Å². The summed E-state index contributed by atoms with van der Waals surface area (Å²) in [7, 11) is 3.11. The Balaban J connectivity index is 2.74. The number of nitrogens with two attached hydrogens (primary N) is 1. The summed E-state index contributed by atoms with van der Waals surface area (Å²) in [5, 5.41) is 4.44. The van der Waals surface area contributed by atoms with E-state index in [2.05, 4.69) is 10.1 Å². The number of hydrogen-bond donors (Lipinski definition) is 1. The molecule has 0 fully saturated rings. The number of rotatable bonds is 5. The van der Waals surface area contributed by atoms with Crippen LogP contribution in [0, 0.1) is 0 Å². The Labute approximate surface area is 128 Å². The van der Waals surface area contributed by atoms with Gasteiger partial charge in [0, 0.05) is 0 Å². The molecule has 1 aromatic carbocycles. The highest BCUT2D eigenvalue weighted by Crippen LogP contribution is 2.45. The van der Waals surface area contributed by atoms with Gasteiger partial charge in [0.25, 0.3) is 0 Å². The van der Waals surface area contributed by atoms with E-state index in [9.17, 15) is 0 Å². The lowest BCUT2D eigenvalue weighted by Gasteiger charge is -2.17. The molecule has 0 bridgehead atoms. The van der Waals surface area contributed by atoms with Gasteiger partial charge in [0.2, 0.25) is 11.7 Å². The monoisotopic (exact) mass is 311 g/mol. The fourth-order valence-corrected chi connectivity index (χ4v) is 2.49. The highest BCUT2D eigenvalue weighted by Gasteiger charge is 2.24. The van der Waals surface area contributed by atoms with Crippen molar-refractivity contribution in [1.29, 1.82) is 0 Å². The zero-order valence-corrected chi connectivity index (χ0v) is 13.2. The third-order valence-electron chi connectivity index (χ3n) is 3.12. The lowest BCUT2D eigenvalue weighted by Crippen LogP contribution is -2.00. The van der Waals surface area contributed by atoms with Crippen LogP contribution in [0.2, 0.25) is 5.02 Å². The Kier molecular flexibility index (Phi) is 4.69. The summed E-state index contributed by atoms with van der Waals surface area (Å²) >= 11 is 6.52. The fraction of sp³-hybridized carbons (Fsp3) is 0.429. The van der Waals surface area contributed by atoms with Crippen molar-refractivity contribution in [3.63, 3.8) is 0 Å². The highest BCUT2D eigenvalue weighted by atomic mass is 35.5. The van der Waals surface area contributed by atoms with Crippen LogP contribution in [0.5, 0.6) is 11.5 Å². The Morgan fingerprint density at radius 1 is 1.33 bits per heavy atom. The maximum Gasteiger partial charge on any atom is 0.240 e. The average Bonchev–Trinajstić information content (AvgIpc) is 2.94. The zero-order valence-electron chi connectivity index (χ0n) is 12.4. The van der Waals surface area contributed by atoms with Crippen LogP contribution in [-0.2, 0) is 6.54 Å². The van der Waals surface area contributed by atoms with Gasteiger partial charge in [-0.05, 0) is 17.5 Å². The summed E-state index contributed by atoms with van der Waals surface area (Å²) in [6.45, 7) is 4.24. The topological polar surface area (TPSA) is 83.4 Å². The Morgan fingerprint density at radius 3 is 2.52 bits per heavy atom. The van der Waals surface area contributed by atoms with Gasteiger partial charge in [0.15, 0.2) is 11.5 Å². The molecule has 21 heavy (non-hydrogen) atoms. The van der Waals surface area contributed by atoms with E-state index >= 15 is 0 Å². The number of ether oxygens (including phenoxy) is 2. The minimum Gasteiger partial charge on any atom is -0.493 e. The van der Waals surface area contributed by atoms with E-state index in [1.165, 1.54) is 7.11 Å². The van der Waals surface area contributed by atoms with E-state index in [1.54, 1.807) is 7.11 Å². The van der Waals surface area contributed by atoms with Gasteiger partial charge < -0.3 is 19.7 Å². The van der Waals surface area contributed by atoms with Crippen LogP contribution in [-0.4, -0.2) is 24.4 Å². The summed E-state index contributed by atoms with van der Waals surface area (Å²) in [6, 6.07) is 1.86. The molecule has 0 saturated heterocycles. The molecule has 0 amide bonds. The number of methoxy groups -OCH3 is 2. The first-order valence-electron chi connectivity index (χ1n) is 6.50. The molecule has 6 nitrogen and oxygen atoms in total. The molecule has 2 N–H and O–H groups in total. The van der Waals surface area contributed by atoms with Gasteiger partial charge in [0.1, 0.15) is 0 Å². The molecule has 0 unspecified atom stereocenters. The smallest absolute Gasteiger partial charge is 0.240 e.